The van der Waals surface area contributed by atoms with Crippen molar-refractivity contribution in [3.63, 3.8) is 0 Å². The molecule has 34 heavy (non-hydrogen) atoms. The van der Waals surface area contributed by atoms with E-state index in [0.29, 0.717) is 35.5 Å². The van der Waals surface area contributed by atoms with Gasteiger partial charge in [-0.1, -0.05) is 36.4 Å². The van der Waals surface area contributed by atoms with Crippen LogP contribution in [-0.4, -0.2) is 42.6 Å². The van der Waals surface area contributed by atoms with Crippen LogP contribution in [-0.2, 0) is 0 Å². The summed E-state index contributed by atoms with van der Waals surface area (Å²) in [4.78, 5) is 24.7. The molecule has 2 heterocycles. The predicted molar refractivity (Wildman–Crippen MR) is 136 cm³/mol. The van der Waals surface area contributed by atoms with Gasteiger partial charge in [0.2, 0.25) is 5.95 Å². The second kappa shape index (κ2) is 11.1. The topological polar surface area (TPSA) is 79.4 Å². The average Bonchev–Trinajstić information content (AvgIpc) is 2.88. The van der Waals surface area contributed by atoms with Gasteiger partial charge in [0.05, 0.1) is 13.2 Å². The monoisotopic (exact) mass is 459 g/mol. The number of anilines is 2. The van der Waals surface area contributed by atoms with Gasteiger partial charge in [-0.05, 0) is 75.0 Å². The van der Waals surface area contributed by atoms with Gasteiger partial charge < -0.3 is 15.4 Å². The summed E-state index contributed by atoms with van der Waals surface area (Å²) in [6.07, 6.45) is 3.77. The Morgan fingerprint density at radius 1 is 1.18 bits per heavy atom. The maximum atomic E-state index is 13.7. The maximum Gasteiger partial charge on any atom is 0.259 e. The van der Waals surface area contributed by atoms with Crippen LogP contribution in [0.4, 0.5) is 11.8 Å². The molecule has 3 aromatic rings. The Bertz CT molecular complexity index is 1100. The highest BCUT2D eigenvalue weighted by Crippen LogP contribution is 2.25. The van der Waals surface area contributed by atoms with Gasteiger partial charge in [-0.2, -0.15) is 4.98 Å². The molecule has 2 N–H and O–H groups in total. The molecule has 7 nitrogen and oxygen atoms in total. The van der Waals surface area contributed by atoms with E-state index in [2.05, 4.69) is 34.7 Å². The molecule has 4 rings (SSSR count). The lowest BCUT2D eigenvalue weighted by Gasteiger charge is -2.30. The van der Waals surface area contributed by atoms with E-state index in [9.17, 15) is 4.79 Å². The van der Waals surface area contributed by atoms with Crippen LogP contribution in [0.5, 0.6) is 5.75 Å². The number of carbonyl (C=O) groups is 1. The fourth-order valence-electron chi connectivity index (χ4n) is 4.30. The van der Waals surface area contributed by atoms with Gasteiger partial charge in [-0.15, -0.1) is 0 Å². The van der Waals surface area contributed by atoms with E-state index in [4.69, 9.17) is 9.72 Å². The first-order valence-corrected chi connectivity index (χ1v) is 11.9. The number of nitrogens with zero attached hydrogens (tertiary/aromatic N) is 3. The number of hydrogen-bond acceptors (Lipinski definition) is 6. The summed E-state index contributed by atoms with van der Waals surface area (Å²) < 4.78 is 5.46. The van der Waals surface area contributed by atoms with Gasteiger partial charge in [0, 0.05) is 18.3 Å². The number of benzene rings is 2. The third-order valence-electron chi connectivity index (χ3n) is 6.36. The average molecular weight is 460 g/mol. The third-order valence-corrected chi connectivity index (χ3v) is 6.36. The Kier molecular flexibility index (Phi) is 7.75. The van der Waals surface area contributed by atoms with Crippen LogP contribution in [0.25, 0.3) is 0 Å². The van der Waals surface area contributed by atoms with Crippen molar-refractivity contribution in [1.29, 1.82) is 0 Å². The Morgan fingerprint density at radius 2 is 1.94 bits per heavy atom. The van der Waals surface area contributed by atoms with Crippen LogP contribution in [0.1, 0.15) is 47.3 Å². The summed E-state index contributed by atoms with van der Waals surface area (Å²) in [7, 11) is 1.62. The number of aromatic nitrogens is 2. The second-order valence-corrected chi connectivity index (χ2v) is 8.81. The molecule has 1 fully saturated rings. The fraction of sp³-hybridized carbons (Fsp3) is 0.370. The largest absolute Gasteiger partial charge is 0.496 e. The molecule has 2 aromatic carbocycles. The zero-order valence-electron chi connectivity index (χ0n) is 20.1. The summed E-state index contributed by atoms with van der Waals surface area (Å²) in [5, 5.41) is 6.77. The minimum atomic E-state index is -0.0856. The molecule has 0 radical (unpaired) electrons. The van der Waals surface area contributed by atoms with E-state index >= 15 is 0 Å². The molecule has 7 heteroatoms. The molecule has 1 aliphatic heterocycles. The van der Waals surface area contributed by atoms with Gasteiger partial charge >= 0.3 is 0 Å². The molecule has 0 spiro atoms. The molecule has 1 saturated heterocycles. The fourth-order valence-corrected chi connectivity index (χ4v) is 4.30. The van der Waals surface area contributed by atoms with Crippen molar-refractivity contribution in [2.75, 3.05) is 37.0 Å². The molecular weight excluding hydrogens is 426 g/mol. The lowest BCUT2D eigenvalue weighted by Crippen LogP contribution is -2.40. The Morgan fingerprint density at radius 3 is 2.68 bits per heavy atom. The summed E-state index contributed by atoms with van der Waals surface area (Å²) in [5.41, 5.74) is 2.72. The Balaban J connectivity index is 1.62. The van der Waals surface area contributed by atoms with Crippen molar-refractivity contribution in [2.24, 2.45) is 5.92 Å². The maximum absolute atomic E-state index is 13.7. The van der Waals surface area contributed by atoms with Crippen molar-refractivity contribution in [3.8, 4) is 5.75 Å². The number of carbonyl (C=O) groups excluding carboxylic acids is 1. The van der Waals surface area contributed by atoms with Gasteiger partial charge in [-0.25, -0.2) is 4.98 Å². The standard InChI is InChI=1S/C27H33N5O2/c1-19-9-10-23(17-24(19)34-3)26(33)32(18-21-11-14-28-15-12-21)25-13-16-29-27(31-25)30-20(2)22-7-5-4-6-8-22/h4-10,13,16-17,20-21,28H,11-12,14-15,18H2,1-3H3,(H,29,30,31)/t20-/m0/s1. The number of hydrogen-bond donors (Lipinski definition) is 2. The molecular formula is C27H33N5O2. The lowest BCUT2D eigenvalue weighted by atomic mass is 9.97. The van der Waals surface area contributed by atoms with Gasteiger partial charge in [0.1, 0.15) is 11.6 Å². The molecule has 1 amide bonds. The van der Waals surface area contributed by atoms with E-state index in [-0.39, 0.29) is 11.9 Å². The predicted octanol–water partition coefficient (Wildman–Crippen LogP) is 4.61. The first-order chi connectivity index (χ1) is 16.5. The molecule has 1 aliphatic rings. The molecule has 0 saturated carbocycles. The number of rotatable bonds is 8. The number of aryl methyl sites for hydroxylation is 1. The minimum absolute atomic E-state index is 0.0337. The van der Waals surface area contributed by atoms with E-state index in [1.807, 2.05) is 49.4 Å². The highest BCUT2D eigenvalue weighted by molar-refractivity contribution is 6.06. The number of methoxy groups -OCH3 is 1. The van der Waals surface area contributed by atoms with E-state index < -0.39 is 0 Å². The summed E-state index contributed by atoms with van der Waals surface area (Å²) in [5.74, 6) is 2.12. The third kappa shape index (κ3) is 5.72. The molecule has 1 atom stereocenters. The van der Waals surface area contributed by atoms with Crippen LogP contribution in [0.2, 0.25) is 0 Å². The van der Waals surface area contributed by atoms with Crippen LogP contribution >= 0.6 is 0 Å². The first kappa shape index (κ1) is 23.7. The van der Waals surface area contributed by atoms with Crippen molar-refractivity contribution in [2.45, 2.75) is 32.7 Å². The van der Waals surface area contributed by atoms with Crippen molar-refractivity contribution < 1.29 is 9.53 Å². The Hall–Kier alpha value is -3.45. The minimum Gasteiger partial charge on any atom is -0.496 e. The SMILES string of the molecule is COc1cc(C(=O)N(CC2CCNCC2)c2ccnc(N[C@@H](C)c3ccccc3)n2)ccc1C. The number of ether oxygens (including phenoxy) is 1. The van der Waals surface area contributed by atoms with Gasteiger partial charge in [-0.3, -0.25) is 9.69 Å². The van der Waals surface area contributed by atoms with Crippen molar-refractivity contribution in [1.82, 2.24) is 15.3 Å². The number of piperidine rings is 1. The van der Waals surface area contributed by atoms with Crippen LogP contribution in [0.3, 0.4) is 0 Å². The summed E-state index contributed by atoms with van der Waals surface area (Å²) >= 11 is 0. The van der Waals surface area contributed by atoms with Crippen molar-refractivity contribution >= 4 is 17.7 Å². The highest BCUT2D eigenvalue weighted by Gasteiger charge is 2.25. The quantitative estimate of drug-likeness (QED) is 0.512. The van der Waals surface area contributed by atoms with E-state index in [1.165, 1.54) is 0 Å². The van der Waals surface area contributed by atoms with Gasteiger partial charge in [0.15, 0.2) is 0 Å². The van der Waals surface area contributed by atoms with Crippen LogP contribution in [0, 0.1) is 12.8 Å². The zero-order valence-corrected chi connectivity index (χ0v) is 20.1. The summed E-state index contributed by atoms with van der Waals surface area (Å²) in [6, 6.07) is 17.6. The normalized spacial score (nSPS) is 14.9. The van der Waals surface area contributed by atoms with Crippen LogP contribution < -0.4 is 20.3 Å². The number of amides is 1. The highest BCUT2D eigenvalue weighted by atomic mass is 16.5. The first-order valence-electron chi connectivity index (χ1n) is 11.9. The summed E-state index contributed by atoms with van der Waals surface area (Å²) in [6.45, 7) is 6.59. The lowest BCUT2D eigenvalue weighted by molar-refractivity contribution is 0.0979. The second-order valence-electron chi connectivity index (χ2n) is 8.81. The van der Waals surface area contributed by atoms with Crippen LogP contribution in [0.15, 0.2) is 60.8 Å². The van der Waals surface area contributed by atoms with Gasteiger partial charge in [0.25, 0.3) is 5.91 Å². The smallest absolute Gasteiger partial charge is 0.259 e. The zero-order chi connectivity index (χ0) is 23.9. The molecule has 0 unspecified atom stereocenters. The molecule has 0 bridgehead atoms. The molecule has 1 aromatic heterocycles. The van der Waals surface area contributed by atoms with E-state index in [0.717, 1.165) is 37.1 Å². The molecule has 178 valence electrons. The Labute approximate surface area is 201 Å². The number of nitrogens with one attached hydrogen (secondary N) is 2. The van der Waals surface area contributed by atoms with Crippen molar-refractivity contribution in [3.05, 3.63) is 77.5 Å². The molecule has 0 aliphatic carbocycles. The van der Waals surface area contributed by atoms with E-state index in [1.54, 1.807) is 18.2 Å².